The maximum Gasteiger partial charge on any atom is 0.232 e. The minimum Gasteiger partial charge on any atom is -0.491 e. The van der Waals surface area contributed by atoms with E-state index in [2.05, 4.69) is 109 Å². The van der Waals surface area contributed by atoms with E-state index in [1.807, 2.05) is 49.1 Å². The maximum absolute atomic E-state index is 9.62. The van der Waals surface area contributed by atoms with E-state index in [-0.39, 0.29) is 26.4 Å². The summed E-state index contributed by atoms with van der Waals surface area (Å²) in [6, 6.07) is 31.6. The predicted molar refractivity (Wildman–Crippen MR) is 287 cm³/mol. The average Bonchev–Trinajstić information content (AvgIpc) is 3.49. The molecule has 10 rings (SSSR count). The molecule has 0 spiro atoms. The standard InChI is InChI=1S/C54H58N16O6/c71-31-44(73)33-75-46-14-12-42(13-15-46)63-49-59-35-61-53(65-49)69-20-18-68(19-21-69)52-57-29-39(30-58-52)25-41-4-1-2-7-48(41)40-10-8-37(9-11-40)24-38-27-55-51(56-28-38)67-16-22-70(23-17-67)54-62-36-60-50(66-54)64-43-5-3-6-47(26-43)76-34-45(74)32-72/h1-15,26-30,35-36,44-45,71-74H,16-25,31-34H2,(H,59,61,63,65)(H,60,62,64,66)/t44-,45-/m0/s1. The number of nitrogens with one attached hydrogen (secondary N) is 2. The number of ether oxygens (including phenoxy) is 2. The predicted octanol–water partition coefficient (Wildman–Crippen LogP) is 4.09. The zero-order valence-corrected chi connectivity index (χ0v) is 41.6. The van der Waals surface area contributed by atoms with Gasteiger partial charge in [-0.15, -0.1) is 0 Å². The van der Waals surface area contributed by atoms with Crippen LogP contribution in [0.2, 0.25) is 0 Å². The molecule has 0 bridgehead atoms. The van der Waals surface area contributed by atoms with Gasteiger partial charge in [-0.1, -0.05) is 54.6 Å². The molecule has 2 fully saturated rings. The Labute approximate surface area is 438 Å². The number of anilines is 8. The first-order valence-corrected chi connectivity index (χ1v) is 25.1. The lowest BCUT2D eigenvalue weighted by Gasteiger charge is -2.34. The molecule has 2 saturated heterocycles. The number of benzene rings is 4. The van der Waals surface area contributed by atoms with Crippen molar-refractivity contribution >= 4 is 47.1 Å². The fraction of sp³-hybridized carbons (Fsp3) is 0.296. The smallest absolute Gasteiger partial charge is 0.232 e. The molecule has 390 valence electrons. The number of aliphatic hydroxyl groups is 4. The summed E-state index contributed by atoms with van der Waals surface area (Å²) in [6.07, 6.45) is 10.2. The van der Waals surface area contributed by atoms with Crippen LogP contribution in [0.1, 0.15) is 22.3 Å². The molecule has 8 aromatic rings. The van der Waals surface area contributed by atoms with Crippen LogP contribution in [0.4, 0.5) is 47.1 Å². The fourth-order valence-electron chi connectivity index (χ4n) is 8.68. The third-order valence-corrected chi connectivity index (χ3v) is 12.8. The third kappa shape index (κ3) is 13.3. The molecule has 4 aromatic heterocycles. The van der Waals surface area contributed by atoms with E-state index in [1.54, 1.807) is 24.3 Å². The van der Waals surface area contributed by atoms with Gasteiger partial charge in [0.2, 0.25) is 35.7 Å². The van der Waals surface area contributed by atoms with Crippen molar-refractivity contribution in [3.63, 3.8) is 0 Å². The van der Waals surface area contributed by atoms with Crippen molar-refractivity contribution in [3.05, 3.63) is 157 Å². The van der Waals surface area contributed by atoms with Gasteiger partial charge in [-0.05, 0) is 69.8 Å². The van der Waals surface area contributed by atoms with Crippen LogP contribution in [0.5, 0.6) is 11.5 Å². The van der Waals surface area contributed by atoms with Crippen molar-refractivity contribution in [3.8, 4) is 22.6 Å². The molecule has 4 aromatic carbocycles. The molecule has 76 heavy (non-hydrogen) atoms. The van der Waals surface area contributed by atoms with Gasteiger partial charge in [-0.2, -0.15) is 9.97 Å². The summed E-state index contributed by atoms with van der Waals surface area (Å²) in [6.45, 7) is 4.84. The molecule has 0 amide bonds. The average molecular weight is 1030 g/mol. The lowest BCUT2D eigenvalue weighted by atomic mass is 9.94. The number of aromatic nitrogens is 10. The summed E-state index contributed by atoms with van der Waals surface area (Å²) in [7, 11) is 0. The van der Waals surface area contributed by atoms with Crippen molar-refractivity contribution in [1.82, 2.24) is 49.8 Å². The number of rotatable bonds is 21. The number of hydrogen-bond acceptors (Lipinski definition) is 22. The SMILES string of the molecule is OC[C@H](O)COc1ccc(Nc2ncnc(N3CCN(c4ncc(Cc5ccccc5-c5ccc(Cc6cnc(N7CCN(c8ncnc(Nc9cccc(OC[C@@H](O)CO)c9)n8)CC7)nc6)cc5)cn4)CC3)n2)cc1. The van der Waals surface area contributed by atoms with Gasteiger partial charge in [0, 0.05) is 107 Å². The van der Waals surface area contributed by atoms with Gasteiger partial charge in [0.25, 0.3) is 0 Å². The molecule has 22 nitrogen and oxygen atoms in total. The Hall–Kier alpha value is -8.70. The van der Waals surface area contributed by atoms with Crippen molar-refractivity contribution in [2.75, 3.05) is 109 Å². The number of hydrogen-bond donors (Lipinski definition) is 6. The topological polar surface area (TPSA) is 265 Å². The molecular weight excluding hydrogens is 969 g/mol. The van der Waals surface area contributed by atoms with E-state index in [4.69, 9.17) is 39.6 Å². The Morgan fingerprint density at radius 2 is 0.961 bits per heavy atom. The molecule has 6 N–H and O–H groups in total. The largest absolute Gasteiger partial charge is 0.491 e. The zero-order valence-electron chi connectivity index (χ0n) is 41.6. The Bertz CT molecular complexity index is 3110. The molecule has 0 aliphatic carbocycles. The van der Waals surface area contributed by atoms with E-state index in [1.165, 1.54) is 23.8 Å². The summed E-state index contributed by atoms with van der Waals surface area (Å²) in [5, 5.41) is 43.6. The van der Waals surface area contributed by atoms with E-state index >= 15 is 0 Å². The molecule has 0 radical (unpaired) electrons. The first-order chi connectivity index (χ1) is 37.3. The summed E-state index contributed by atoms with van der Waals surface area (Å²) in [4.78, 5) is 54.4. The van der Waals surface area contributed by atoms with Crippen LogP contribution >= 0.6 is 0 Å². The van der Waals surface area contributed by atoms with Crippen LogP contribution in [0.3, 0.4) is 0 Å². The van der Waals surface area contributed by atoms with Crippen LogP contribution in [-0.4, -0.2) is 161 Å². The Morgan fingerprint density at radius 1 is 0.461 bits per heavy atom. The highest BCUT2D eigenvalue weighted by molar-refractivity contribution is 5.68. The minimum absolute atomic E-state index is 0.00567. The summed E-state index contributed by atoms with van der Waals surface area (Å²) in [5.41, 5.74) is 8.19. The second kappa shape index (κ2) is 24.6. The first-order valence-electron chi connectivity index (χ1n) is 25.1. The van der Waals surface area contributed by atoms with Crippen LogP contribution in [0.25, 0.3) is 11.1 Å². The van der Waals surface area contributed by atoms with E-state index < -0.39 is 12.2 Å². The van der Waals surface area contributed by atoms with E-state index in [0.29, 0.717) is 118 Å². The number of piperazine rings is 2. The molecule has 6 heterocycles. The van der Waals surface area contributed by atoms with Gasteiger partial charge in [0.1, 0.15) is 49.6 Å². The van der Waals surface area contributed by atoms with Crippen molar-refractivity contribution in [2.24, 2.45) is 0 Å². The van der Waals surface area contributed by atoms with Crippen molar-refractivity contribution < 1.29 is 29.9 Å². The van der Waals surface area contributed by atoms with Crippen LogP contribution in [-0.2, 0) is 12.8 Å². The Balaban J connectivity index is 0.676. The van der Waals surface area contributed by atoms with E-state index in [9.17, 15) is 10.2 Å². The number of aliphatic hydroxyl groups excluding tert-OH is 4. The molecule has 0 saturated carbocycles. The zero-order chi connectivity index (χ0) is 52.1. The van der Waals surface area contributed by atoms with Gasteiger partial charge in [-0.25, -0.2) is 39.9 Å². The van der Waals surface area contributed by atoms with Gasteiger partial charge in [-0.3, -0.25) is 0 Å². The lowest BCUT2D eigenvalue weighted by molar-refractivity contribution is 0.0536. The van der Waals surface area contributed by atoms with Gasteiger partial charge < -0.3 is 60.1 Å². The lowest BCUT2D eigenvalue weighted by Crippen LogP contribution is -2.47. The highest BCUT2D eigenvalue weighted by Crippen LogP contribution is 2.28. The third-order valence-electron chi connectivity index (χ3n) is 12.8. The summed E-state index contributed by atoms with van der Waals surface area (Å²) >= 11 is 0. The molecular formula is C54H58N16O6. The Kier molecular flexibility index (Phi) is 16.4. The van der Waals surface area contributed by atoms with Gasteiger partial charge in [0.05, 0.1) is 13.2 Å². The highest BCUT2D eigenvalue weighted by atomic mass is 16.5. The van der Waals surface area contributed by atoms with Crippen molar-refractivity contribution in [1.29, 1.82) is 0 Å². The summed E-state index contributed by atoms with van der Waals surface area (Å²) < 4.78 is 11.1. The summed E-state index contributed by atoms with van der Waals surface area (Å²) in [5.74, 6) is 4.46. The fourth-order valence-corrected chi connectivity index (χ4v) is 8.68. The van der Waals surface area contributed by atoms with Crippen LogP contribution < -0.4 is 39.7 Å². The minimum atomic E-state index is -0.953. The maximum atomic E-state index is 9.62. The second-order valence-electron chi connectivity index (χ2n) is 18.3. The molecule has 22 heteroatoms. The molecule has 2 atom stereocenters. The van der Waals surface area contributed by atoms with Crippen LogP contribution in [0.15, 0.2) is 135 Å². The molecule has 0 unspecified atom stereocenters. The van der Waals surface area contributed by atoms with Gasteiger partial charge >= 0.3 is 0 Å². The van der Waals surface area contributed by atoms with Crippen molar-refractivity contribution in [2.45, 2.75) is 25.0 Å². The monoisotopic (exact) mass is 1030 g/mol. The highest BCUT2D eigenvalue weighted by Gasteiger charge is 2.23. The normalized spacial score (nSPS) is 14.5. The Morgan fingerprint density at radius 3 is 1.51 bits per heavy atom. The van der Waals surface area contributed by atoms with Crippen LogP contribution in [0, 0.1) is 0 Å². The second-order valence-corrected chi connectivity index (χ2v) is 18.3. The first kappa shape index (κ1) is 50.8. The molecule has 2 aliphatic rings. The quantitative estimate of drug-likeness (QED) is 0.0592. The van der Waals surface area contributed by atoms with Gasteiger partial charge in [0.15, 0.2) is 0 Å². The number of nitrogens with zero attached hydrogens (tertiary/aromatic N) is 14. The van der Waals surface area contributed by atoms with E-state index in [0.717, 1.165) is 27.9 Å². The molecule has 2 aliphatic heterocycles.